The van der Waals surface area contributed by atoms with Crippen LogP contribution in [0.25, 0.3) is 0 Å². The number of fused-ring (bicyclic) bond motifs is 1. The maximum absolute atomic E-state index is 12.8. The second kappa shape index (κ2) is 6.61. The molecule has 1 fully saturated rings. The molecule has 3 rings (SSSR count). The second-order valence-corrected chi connectivity index (χ2v) is 6.44. The summed E-state index contributed by atoms with van der Waals surface area (Å²) in [5, 5.41) is 3.43. The van der Waals surface area contributed by atoms with Crippen LogP contribution in [0.5, 0.6) is 0 Å². The van der Waals surface area contributed by atoms with Crippen molar-refractivity contribution in [2.45, 2.75) is 51.6 Å². The minimum absolute atomic E-state index is 0.0361. The highest BCUT2D eigenvalue weighted by Crippen LogP contribution is 2.23. The van der Waals surface area contributed by atoms with Crippen molar-refractivity contribution in [2.75, 3.05) is 13.1 Å². The molecule has 1 N–H and O–H groups in total. The second-order valence-electron chi connectivity index (χ2n) is 6.44. The first-order valence-electron chi connectivity index (χ1n) is 8.37. The molecule has 0 spiro atoms. The highest BCUT2D eigenvalue weighted by molar-refractivity contribution is 5.82. The normalized spacial score (nSPS) is 26.0. The number of carbonyl (C=O) groups is 1. The minimum atomic E-state index is 0.0361. The van der Waals surface area contributed by atoms with Gasteiger partial charge < -0.3 is 10.2 Å². The van der Waals surface area contributed by atoms with Crippen molar-refractivity contribution < 1.29 is 4.79 Å². The lowest BCUT2D eigenvalue weighted by Gasteiger charge is -2.33. The van der Waals surface area contributed by atoms with Crippen LogP contribution in [0.1, 0.15) is 43.7 Å². The zero-order valence-electron chi connectivity index (χ0n) is 13.0. The van der Waals surface area contributed by atoms with E-state index in [0.717, 1.165) is 38.9 Å². The molecule has 2 unspecified atom stereocenters. The van der Waals surface area contributed by atoms with Crippen LogP contribution in [-0.2, 0) is 17.8 Å². The maximum atomic E-state index is 12.8. The van der Waals surface area contributed by atoms with Gasteiger partial charge in [-0.2, -0.15) is 0 Å². The lowest BCUT2D eigenvalue weighted by atomic mass is 9.90. The van der Waals surface area contributed by atoms with Gasteiger partial charge in [-0.05, 0) is 49.3 Å². The molecular formula is C18H26N2O. The van der Waals surface area contributed by atoms with Crippen LogP contribution in [0.4, 0.5) is 0 Å². The van der Waals surface area contributed by atoms with E-state index in [1.54, 1.807) is 0 Å². The maximum Gasteiger partial charge on any atom is 0.240 e. The van der Waals surface area contributed by atoms with Gasteiger partial charge in [-0.15, -0.1) is 0 Å². The summed E-state index contributed by atoms with van der Waals surface area (Å²) < 4.78 is 0. The molecule has 2 aliphatic heterocycles. The quantitative estimate of drug-likeness (QED) is 0.906. The first-order chi connectivity index (χ1) is 10.3. The Morgan fingerprint density at radius 1 is 1.33 bits per heavy atom. The third-order valence-corrected chi connectivity index (χ3v) is 5.05. The van der Waals surface area contributed by atoms with Crippen molar-refractivity contribution in [3.63, 3.8) is 0 Å². The van der Waals surface area contributed by atoms with Gasteiger partial charge in [0.2, 0.25) is 5.91 Å². The fourth-order valence-electron chi connectivity index (χ4n) is 3.66. The molecule has 2 atom stereocenters. The summed E-state index contributed by atoms with van der Waals surface area (Å²) in [6.07, 6.45) is 5.58. The lowest BCUT2D eigenvalue weighted by molar-refractivity contribution is -0.135. The summed E-state index contributed by atoms with van der Waals surface area (Å²) in [4.78, 5) is 14.9. The van der Waals surface area contributed by atoms with Gasteiger partial charge in [0, 0.05) is 13.1 Å². The van der Waals surface area contributed by atoms with Crippen molar-refractivity contribution in [1.29, 1.82) is 0 Å². The minimum Gasteiger partial charge on any atom is -0.337 e. The Balaban J connectivity index is 1.70. The van der Waals surface area contributed by atoms with E-state index in [1.807, 2.05) is 0 Å². The van der Waals surface area contributed by atoms with E-state index in [2.05, 4.69) is 41.4 Å². The number of nitrogens with one attached hydrogen (secondary N) is 1. The Morgan fingerprint density at radius 2 is 2.14 bits per heavy atom. The number of aryl methyl sites for hydroxylation is 1. The zero-order valence-corrected chi connectivity index (χ0v) is 13.0. The standard InChI is InChI=1S/C18H26N2O/c1-2-14-9-10-19-17(12-14)18(21)20-11-5-8-15-6-3-4-7-16(15)13-20/h3-4,6-7,14,17,19H,2,5,8-13H2,1H3. The van der Waals surface area contributed by atoms with Crippen LogP contribution in [0.15, 0.2) is 24.3 Å². The molecule has 3 nitrogen and oxygen atoms in total. The van der Waals surface area contributed by atoms with Gasteiger partial charge in [-0.25, -0.2) is 0 Å². The highest BCUT2D eigenvalue weighted by Gasteiger charge is 2.30. The van der Waals surface area contributed by atoms with E-state index < -0.39 is 0 Å². The molecule has 2 aliphatic rings. The molecule has 1 aromatic carbocycles. The molecular weight excluding hydrogens is 260 g/mol. The van der Waals surface area contributed by atoms with Gasteiger partial charge >= 0.3 is 0 Å². The summed E-state index contributed by atoms with van der Waals surface area (Å²) in [7, 11) is 0. The molecule has 3 heteroatoms. The number of amides is 1. The fraction of sp³-hybridized carbons (Fsp3) is 0.611. The first kappa shape index (κ1) is 14.6. The van der Waals surface area contributed by atoms with Crippen LogP contribution in [0.2, 0.25) is 0 Å². The molecule has 0 aromatic heterocycles. The molecule has 0 radical (unpaired) electrons. The summed E-state index contributed by atoms with van der Waals surface area (Å²) in [5.41, 5.74) is 2.74. The largest absolute Gasteiger partial charge is 0.337 e. The Kier molecular flexibility index (Phi) is 4.59. The third kappa shape index (κ3) is 3.29. The van der Waals surface area contributed by atoms with Crippen molar-refractivity contribution >= 4 is 5.91 Å². The van der Waals surface area contributed by atoms with E-state index in [4.69, 9.17) is 0 Å². The summed E-state index contributed by atoms with van der Waals surface area (Å²) in [6.45, 7) is 4.89. The van der Waals surface area contributed by atoms with Crippen molar-refractivity contribution in [3.8, 4) is 0 Å². The predicted octanol–water partition coefficient (Wildman–Crippen LogP) is 2.74. The SMILES string of the molecule is CCC1CCNC(C(=O)N2CCCc3ccccc3C2)C1. The molecule has 0 bridgehead atoms. The number of hydrogen-bond acceptors (Lipinski definition) is 2. The monoisotopic (exact) mass is 286 g/mol. The molecule has 21 heavy (non-hydrogen) atoms. The van der Waals surface area contributed by atoms with Crippen LogP contribution in [0.3, 0.4) is 0 Å². The summed E-state index contributed by atoms with van der Waals surface area (Å²) in [6, 6.07) is 8.59. The van der Waals surface area contributed by atoms with Gasteiger partial charge in [-0.1, -0.05) is 37.6 Å². The van der Waals surface area contributed by atoms with Gasteiger partial charge in [0.15, 0.2) is 0 Å². The molecule has 0 saturated carbocycles. The molecule has 1 saturated heterocycles. The number of carbonyl (C=O) groups excluding carboxylic acids is 1. The van der Waals surface area contributed by atoms with Gasteiger partial charge in [0.1, 0.15) is 0 Å². The molecule has 2 heterocycles. The summed E-state index contributed by atoms with van der Waals surface area (Å²) >= 11 is 0. The molecule has 0 aliphatic carbocycles. The van der Waals surface area contributed by atoms with Crippen molar-refractivity contribution in [1.82, 2.24) is 10.2 Å². The Morgan fingerprint density at radius 3 is 2.95 bits per heavy atom. The predicted molar refractivity (Wildman–Crippen MR) is 85.0 cm³/mol. The lowest BCUT2D eigenvalue weighted by Crippen LogP contribution is -2.50. The number of benzene rings is 1. The van der Waals surface area contributed by atoms with Crippen LogP contribution in [0, 0.1) is 5.92 Å². The number of piperidine rings is 1. The van der Waals surface area contributed by atoms with Crippen molar-refractivity contribution in [2.24, 2.45) is 5.92 Å². The van der Waals surface area contributed by atoms with Gasteiger partial charge in [0.05, 0.1) is 6.04 Å². The molecule has 1 aromatic rings. The average Bonchev–Trinajstić information content (AvgIpc) is 2.76. The van der Waals surface area contributed by atoms with Crippen molar-refractivity contribution in [3.05, 3.63) is 35.4 Å². The number of rotatable bonds is 2. The molecule has 1 amide bonds. The van der Waals surface area contributed by atoms with Crippen LogP contribution < -0.4 is 5.32 Å². The number of hydrogen-bond donors (Lipinski definition) is 1. The Hall–Kier alpha value is -1.35. The van der Waals surface area contributed by atoms with Crippen LogP contribution >= 0.6 is 0 Å². The smallest absolute Gasteiger partial charge is 0.240 e. The Bertz CT molecular complexity index is 500. The Labute approximate surface area is 127 Å². The van der Waals surface area contributed by atoms with E-state index in [9.17, 15) is 4.79 Å². The van der Waals surface area contributed by atoms with Gasteiger partial charge in [-0.3, -0.25) is 4.79 Å². The topological polar surface area (TPSA) is 32.3 Å². The third-order valence-electron chi connectivity index (χ3n) is 5.05. The van der Waals surface area contributed by atoms with Crippen LogP contribution in [-0.4, -0.2) is 29.9 Å². The average molecular weight is 286 g/mol. The number of nitrogens with zero attached hydrogens (tertiary/aromatic N) is 1. The van der Waals surface area contributed by atoms with E-state index in [-0.39, 0.29) is 6.04 Å². The first-order valence-corrected chi connectivity index (χ1v) is 8.37. The highest BCUT2D eigenvalue weighted by atomic mass is 16.2. The van der Waals surface area contributed by atoms with E-state index >= 15 is 0 Å². The fourth-order valence-corrected chi connectivity index (χ4v) is 3.66. The molecule has 114 valence electrons. The zero-order chi connectivity index (χ0) is 14.7. The summed E-state index contributed by atoms with van der Waals surface area (Å²) in [5.74, 6) is 1.02. The van der Waals surface area contributed by atoms with E-state index in [0.29, 0.717) is 11.8 Å². The van der Waals surface area contributed by atoms with E-state index in [1.165, 1.54) is 24.0 Å². The van der Waals surface area contributed by atoms with Gasteiger partial charge in [0.25, 0.3) is 0 Å².